The summed E-state index contributed by atoms with van der Waals surface area (Å²) < 4.78 is 2.48. The van der Waals surface area contributed by atoms with Gasteiger partial charge in [-0.05, 0) is 41.1 Å². The number of nitrogens with zero attached hydrogens (tertiary/aromatic N) is 4. The third-order valence-electron chi connectivity index (χ3n) is 3.46. The number of hydrogen-bond acceptors (Lipinski definition) is 3. The Kier molecular flexibility index (Phi) is 3.74. The fourth-order valence-electron chi connectivity index (χ4n) is 2.28. The van der Waals surface area contributed by atoms with E-state index >= 15 is 0 Å². The van der Waals surface area contributed by atoms with Crippen LogP contribution in [0.4, 0.5) is 0 Å². The molecule has 1 aliphatic rings. The third-order valence-corrected chi connectivity index (χ3v) is 3.87. The Morgan fingerprint density at radius 3 is 3.05 bits per heavy atom. The van der Waals surface area contributed by atoms with E-state index in [1.165, 1.54) is 12.8 Å². The highest BCUT2D eigenvalue weighted by Crippen LogP contribution is 2.30. The summed E-state index contributed by atoms with van der Waals surface area (Å²) in [6.07, 6.45) is 6.97. The first-order chi connectivity index (χ1) is 9.67. The van der Waals surface area contributed by atoms with E-state index in [0.717, 1.165) is 24.0 Å². The second kappa shape index (κ2) is 5.52. The Morgan fingerprint density at radius 1 is 1.55 bits per heavy atom. The van der Waals surface area contributed by atoms with Crippen LogP contribution in [-0.2, 0) is 0 Å². The number of carbonyl (C=O) groups is 1. The van der Waals surface area contributed by atoms with Crippen molar-refractivity contribution in [2.24, 2.45) is 5.92 Å². The van der Waals surface area contributed by atoms with Gasteiger partial charge in [0.2, 0.25) is 0 Å². The van der Waals surface area contributed by atoms with Gasteiger partial charge in [0.25, 0.3) is 5.91 Å². The van der Waals surface area contributed by atoms with Gasteiger partial charge in [-0.15, -0.1) is 0 Å². The number of amides is 1. The van der Waals surface area contributed by atoms with Gasteiger partial charge in [-0.3, -0.25) is 4.79 Å². The van der Waals surface area contributed by atoms with Gasteiger partial charge in [0.05, 0.1) is 4.47 Å². The standard InChI is InChI=1S/C14H17BrN4O/c1-2-5-18(8-10-3-4-10)14(20)12-6-13-16-7-11(15)9-19(13)17-12/h6-7,9-10H,2-5,8H2,1H3. The molecule has 1 saturated carbocycles. The van der Waals surface area contributed by atoms with Crippen LogP contribution < -0.4 is 0 Å². The molecule has 0 N–H and O–H groups in total. The molecule has 1 aliphatic carbocycles. The van der Waals surface area contributed by atoms with Gasteiger partial charge in [0, 0.05) is 31.5 Å². The van der Waals surface area contributed by atoms with Crippen LogP contribution in [0.5, 0.6) is 0 Å². The van der Waals surface area contributed by atoms with Gasteiger partial charge in [-0.25, -0.2) is 9.50 Å². The molecule has 0 atom stereocenters. The molecule has 0 aliphatic heterocycles. The predicted molar refractivity (Wildman–Crippen MR) is 79.6 cm³/mol. The zero-order chi connectivity index (χ0) is 14.1. The zero-order valence-electron chi connectivity index (χ0n) is 11.4. The van der Waals surface area contributed by atoms with Crippen molar-refractivity contribution in [3.05, 3.63) is 28.6 Å². The lowest BCUT2D eigenvalue weighted by molar-refractivity contribution is 0.0741. The predicted octanol–water partition coefficient (Wildman–Crippen LogP) is 2.75. The molecule has 1 fully saturated rings. The van der Waals surface area contributed by atoms with Crippen molar-refractivity contribution in [3.63, 3.8) is 0 Å². The number of fused-ring (bicyclic) bond motifs is 1. The molecule has 1 amide bonds. The van der Waals surface area contributed by atoms with E-state index in [1.807, 2.05) is 11.1 Å². The molecule has 0 radical (unpaired) electrons. The lowest BCUT2D eigenvalue weighted by Crippen LogP contribution is -2.33. The summed E-state index contributed by atoms with van der Waals surface area (Å²) in [7, 11) is 0. The normalized spacial score (nSPS) is 14.7. The molecule has 2 aromatic heterocycles. The van der Waals surface area contributed by atoms with Crippen molar-refractivity contribution in [1.29, 1.82) is 0 Å². The minimum atomic E-state index is 0.0142. The SMILES string of the molecule is CCCN(CC1CC1)C(=O)c1cc2ncc(Br)cn2n1. The van der Waals surface area contributed by atoms with Crippen molar-refractivity contribution >= 4 is 27.5 Å². The maximum absolute atomic E-state index is 12.6. The van der Waals surface area contributed by atoms with Gasteiger partial charge in [-0.2, -0.15) is 5.10 Å². The molecule has 0 bridgehead atoms. The monoisotopic (exact) mass is 336 g/mol. The summed E-state index contributed by atoms with van der Waals surface area (Å²) >= 11 is 3.35. The van der Waals surface area contributed by atoms with E-state index < -0.39 is 0 Å². The van der Waals surface area contributed by atoms with Crippen molar-refractivity contribution in [3.8, 4) is 0 Å². The fraction of sp³-hybridized carbons (Fsp3) is 0.500. The molecular weight excluding hydrogens is 320 g/mol. The fourth-order valence-corrected chi connectivity index (χ4v) is 2.57. The molecule has 0 unspecified atom stereocenters. The van der Waals surface area contributed by atoms with Gasteiger partial charge < -0.3 is 4.90 Å². The van der Waals surface area contributed by atoms with Crippen LogP contribution in [0.2, 0.25) is 0 Å². The average molecular weight is 337 g/mol. The molecule has 6 heteroatoms. The molecule has 20 heavy (non-hydrogen) atoms. The molecule has 2 heterocycles. The Labute approximate surface area is 126 Å². The minimum absolute atomic E-state index is 0.0142. The first-order valence-electron chi connectivity index (χ1n) is 6.97. The Morgan fingerprint density at radius 2 is 2.35 bits per heavy atom. The zero-order valence-corrected chi connectivity index (χ0v) is 13.0. The molecule has 106 valence electrons. The first kappa shape index (κ1) is 13.5. The van der Waals surface area contributed by atoms with E-state index in [2.05, 4.69) is 32.9 Å². The number of aromatic nitrogens is 3. The lowest BCUT2D eigenvalue weighted by atomic mass is 10.3. The summed E-state index contributed by atoms with van der Waals surface area (Å²) in [4.78, 5) is 18.7. The summed E-state index contributed by atoms with van der Waals surface area (Å²) in [5.74, 6) is 0.704. The van der Waals surface area contributed by atoms with E-state index in [4.69, 9.17) is 0 Å². The highest BCUT2D eigenvalue weighted by Gasteiger charge is 2.27. The maximum Gasteiger partial charge on any atom is 0.274 e. The lowest BCUT2D eigenvalue weighted by Gasteiger charge is -2.20. The summed E-state index contributed by atoms with van der Waals surface area (Å²) in [5, 5.41) is 4.34. The highest BCUT2D eigenvalue weighted by atomic mass is 79.9. The number of carbonyl (C=O) groups excluding carboxylic acids is 1. The van der Waals surface area contributed by atoms with Crippen LogP contribution in [0.15, 0.2) is 22.9 Å². The maximum atomic E-state index is 12.6. The molecule has 0 spiro atoms. The van der Waals surface area contributed by atoms with Crippen LogP contribution in [0.25, 0.3) is 5.65 Å². The van der Waals surface area contributed by atoms with Crippen molar-refractivity contribution < 1.29 is 4.79 Å². The first-order valence-corrected chi connectivity index (χ1v) is 7.77. The molecule has 3 rings (SSSR count). The number of halogens is 1. The topological polar surface area (TPSA) is 50.5 Å². The van der Waals surface area contributed by atoms with Crippen LogP contribution in [0.1, 0.15) is 36.7 Å². The number of hydrogen-bond donors (Lipinski definition) is 0. The third kappa shape index (κ3) is 2.85. The van der Waals surface area contributed by atoms with E-state index in [-0.39, 0.29) is 5.91 Å². The Balaban J connectivity index is 1.85. The van der Waals surface area contributed by atoms with E-state index in [9.17, 15) is 4.79 Å². The second-order valence-electron chi connectivity index (χ2n) is 5.30. The number of rotatable bonds is 5. The van der Waals surface area contributed by atoms with Gasteiger partial charge >= 0.3 is 0 Å². The Bertz CT molecular complexity index is 635. The average Bonchev–Trinajstić information content (AvgIpc) is 3.14. The smallest absolute Gasteiger partial charge is 0.274 e. The summed E-state index contributed by atoms with van der Waals surface area (Å²) in [5.41, 5.74) is 1.17. The van der Waals surface area contributed by atoms with Gasteiger partial charge in [-0.1, -0.05) is 6.92 Å². The molecule has 2 aromatic rings. The molecule has 0 saturated heterocycles. The highest BCUT2D eigenvalue weighted by molar-refractivity contribution is 9.10. The minimum Gasteiger partial charge on any atom is -0.337 e. The summed E-state index contributed by atoms with van der Waals surface area (Å²) in [6.45, 7) is 3.74. The second-order valence-corrected chi connectivity index (χ2v) is 6.21. The molecule has 0 aromatic carbocycles. The van der Waals surface area contributed by atoms with E-state index in [0.29, 0.717) is 17.3 Å². The summed E-state index contributed by atoms with van der Waals surface area (Å²) in [6, 6.07) is 1.75. The van der Waals surface area contributed by atoms with Crippen LogP contribution in [0.3, 0.4) is 0 Å². The molecular formula is C14H17BrN4O. The Hall–Kier alpha value is -1.43. The quantitative estimate of drug-likeness (QED) is 0.843. The largest absolute Gasteiger partial charge is 0.337 e. The van der Waals surface area contributed by atoms with Gasteiger partial charge in [0.1, 0.15) is 0 Å². The van der Waals surface area contributed by atoms with Crippen LogP contribution in [0, 0.1) is 5.92 Å². The van der Waals surface area contributed by atoms with Crippen molar-refractivity contribution in [1.82, 2.24) is 19.5 Å². The van der Waals surface area contributed by atoms with E-state index in [1.54, 1.807) is 16.8 Å². The van der Waals surface area contributed by atoms with Gasteiger partial charge in [0.15, 0.2) is 11.3 Å². The molecule has 5 nitrogen and oxygen atoms in total. The van der Waals surface area contributed by atoms with Crippen LogP contribution in [-0.4, -0.2) is 38.5 Å². The van der Waals surface area contributed by atoms with Crippen molar-refractivity contribution in [2.45, 2.75) is 26.2 Å². The van der Waals surface area contributed by atoms with Crippen molar-refractivity contribution in [2.75, 3.05) is 13.1 Å². The van der Waals surface area contributed by atoms with Crippen LogP contribution >= 0.6 is 15.9 Å².